The van der Waals surface area contributed by atoms with Crippen LogP contribution in [0.5, 0.6) is 0 Å². The summed E-state index contributed by atoms with van der Waals surface area (Å²) < 4.78 is 42.9. The second-order valence-electron chi connectivity index (χ2n) is 8.04. The largest absolute Gasteiger partial charge is 0.416 e. The molecule has 3 nitrogen and oxygen atoms in total. The van der Waals surface area contributed by atoms with Crippen LogP contribution in [0.1, 0.15) is 21.5 Å². The summed E-state index contributed by atoms with van der Waals surface area (Å²) >= 11 is 6.02. The molecule has 0 fully saturated rings. The van der Waals surface area contributed by atoms with E-state index in [-0.39, 0.29) is 12.1 Å². The maximum absolute atomic E-state index is 13.7. The van der Waals surface area contributed by atoms with Crippen molar-refractivity contribution in [2.45, 2.75) is 12.7 Å². The van der Waals surface area contributed by atoms with E-state index >= 15 is 0 Å². The zero-order chi connectivity index (χ0) is 24.0. The number of nitrogens with two attached hydrogens (primary N) is 1. The minimum Gasteiger partial charge on any atom is -0.366 e. The molecule has 0 bridgehead atoms. The van der Waals surface area contributed by atoms with E-state index in [4.69, 9.17) is 17.3 Å². The Kier molecular flexibility index (Phi) is 5.33. The minimum absolute atomic E-state index is 0.0258. The standard InChI is InChI=1S/C27H18ClF3N2O/c28-19-11-8-16(9-12-19)17-10-13-20-24(14-17)33(23-7-3-5-21(25(20)23)26(32)34)15-18-4-1-2-6-22(18)27(29,30)31/h1-14H,15H2,(H2,32,34). The SMILES string of the molecule is NC(=O)c1cccc2c1c1ccc(-c3ccc(Cl)cc3)cc1n2Cc1ccccc1C(F)(F)F. The van der Waals surface area contributed by atoms with E-state index in [1.807, 2.05) is 30.3 Å². The lowest BCUT2D eigenvalue weighted by atomic mass is 10.0. The van der Waals surface area contributed by atoms with Gasteiger partial charge in [0, 0.05) is 27.9 Å². The van der Waals surface area contributed by atoms with Crippen molar-refractivity contribution in [3.05, 3.63) is 107 Å². The molecule has 7 heteroatoms. The molecule has 0 aliphatic heterocycles. The van der Waals surface area contributed by atoms with Crippen LogP contribution in [-0.2, 0) is 12.7 Å². The molecule has 0 radical (unpaired) electrons. The number of hydrogen-bond donors (Lipinski definition) is 1. The highest BCUT2D eigenvalue weighted by Gasteiger charge is 2.33. The summed E-state index contributed by atoms with van der Waals surface area (Å²) in [5.74, 6) is -0.595. The van der Waals surface area contributed by atoms with Gasteiger partial charge in [0.05, 0.1) is 16.6 Å². The number of carbonyl (C=O) groups excluding carboxylic acids is 1. The maximum atomic E-state index is 13.7. The number of fused-ring (bicyclic) bond motifs is 3. The summed E-state index contributed by atoms with van der Waals surface area (Å²) in [6, 6.07) is 23.7. The summed E-state index contributed by atoms with van der Waals surface area (Å²) in [5.41, 5.74) is 8.53. The van der Waals surface area contributed by atoms with Crippen molar-refractivity contribution < 1.29 is 18.0 Å². The molecule has 170 valence electrons. The van der Waals surface area contributed by atoms with Gasteiger partial charge in [-0.3, -0.25) is 4.79 Å². The smallest absolute Gasteiger partial charge is 0.366 e. The molecule has 1 heterocycles. The Morgan fingerprint density at radius 3 is 2.26 bits per heavy atom. The molecule has 1 amide bonds. The van der Waals surface area contributed by atoms with Gasteiger partial charge in [-0.2, -0.15) is 13.2 Å². The maximum Gasteiger partial charge on any atom is 0.416 e. The molecular weight excluding hydrogens is 461 g/mol. The van der Waals surface area contributed by atoms with E-state index in [9.17, 15) is 18.0 Å². The van der Waals surface area contributed by atoms with Crippen molar-refractivity contribution in [1.82, 2.24) is 4.57 Å². The Morgan fingerprint density at radius 1 is 0.853 bits per heavy atom. The Balaban J connectivity index is 1.80. The third-order valence-electron chi connectivity index (χ3n) is 5.99. The quantitative estimate of drug-likeness (QED) is 0.290. The lowest BCUT2D eigenvalue weighted by molar-refractivity contribution is -0.138. The number of primary amides is 1. The number of amides is 1. The molecule has 0 aliphatic rings. The molecule has 4 aromatic carbocycles. The molecule has 34 heavy (non-hydrogen) atoms. The third-order valence-corrected chi connectivity index (χ3v) is 6.24. The normalized spacial score (nSPS) is 11.9. The van der Waals surface area contributed by atoms with Gasteiger partial charge >= 0.3 is 6.18 Å². The zero-order valence-corrected chi connectivity index (χ0v) is 18.5. The first kappa shape index (κ1) is 22.0. The van der Waals surface area contributed by atoms with Crippen molar-refractivity contribution >= 4 is 39.3 Å². The highest BCUT2D eigenvalue weighted by molar-refractivity contribution is 6.30. The number of benzene rings is 4. The molecule has 5 rings (SSSR count). The van der Waals surface area contributed by atoms with Crippen LogP contribution in [0.15, 0.2) is 84.9 Å². The van der Waals surface area contributed by atoms with Gasteiger partial charge in [0.15, 0.2) is 0 Å². The van der Waals surface area contributed by atoms with Crippen molar-refractivity contribution in [2.24, 2.45) is 5.73 Å². The van der Waals surface area contributed by atoms with Gasteiger partial charge in [-0.15, -0.1) is 0 Å². The van der Waals surface area contributed by atoms with Crippen molar-refractivity contribution in [2.75, 3.05) is 0 Å². The Bertz CT molecular complexity index is 1550. The van der Waals surface area contributed by atoms with Gasteiger partial charge in [-0.1, -0.05) is 60.1 Å². The minimum atomic E-state index is -4.48. The van der Waals surface area contributed by atoms with Crippen LogP contribution >= 0.6 is 11.6 Å². The van der Waals surface area contributed by atoms with Gasteiger partial charge in [-0.25, -0.2) is 0 Å². The highest BCUT2D eigenvalue weighted by atomic mass is 35.5. The molecule has 0 unspecified atom stereocenters. The summed E-state index contributed by atoms with van der Waals surface area (Å²) in [6.45, 7) is -0.0258. The van der Waals surface area contributed by atoms with Crippen LogP contribution in [-0.4, -0.2) is 10.5 Å². The van der Waals surface area contributed by atoms with Crippen molar-refractivity contribution in [3.8, 4) is 11.1 Å². The van der Waals surface area contributed by atoms with Crippen LogP contribution in [0.25, 0.3) is 32.9 Å². The third kappa shape index (κ3) is 3.80. The first-order valence-corrected chi connectivity index (χ1v) is 10.9. The van der Waals surface area contributed by atoms with Crippen LogP contribution in [0.4, 0.5) is 13.2 Å². The molecule has 1 aromatic heterocycles. The highest BCUT2D eigenvalue weighted by Crippen LogP contribution is 2.37. The topological polar surface area (TPSA) is 48.0 Å². The molecule has 0 aliphatic carbocycles. The van der Waals surface area contributed by atoms with Gasteiger partial charge in [0.2, 0.25) is 5.91 Å². The second kappa shape index (κ2) is 8.22. The number of carbonyl (C=O) groups is 1. The number of aromatic nitrogens is 1. The predicted octanol–water partition coefficient (Wildman–Crippen LogP) is 7.28. The van der Waals surface area contributed by atoms with E-state index in [0.717, 1.165) is 22.6 Å². The summed E-state index contributed by atoms with van der Waals surface area (Å²) in [5, 5.41) is 1.97. The van der Waals surface area contributed by atoms with E-state index < -0.39 is 17.6 Å². The molecule has 2 N–H and O–H groups in total. The van der Waals surface area contributed by atoms with Gasteiger partial charge in [0.25, 0.3) is 0 Å². The Labute approximate surface area is 198 Å². The van der Waals surface area contributed by atoms with Gasteiger partial charge in [-0.05, 0) is 53.1 Å². The summed E-state index contributed by atoms with van der Waals surface area (Å²) in [7, 11) is 0. The van der Waals surface area contributed by atoms with Crippen molar-refractivity contribution in [3.63, 3.8) is 0 Å². The van der Waals surface area contributed by atoms with E-state index in [1.54, 1.807) is 41.0 Å². The first-order chi connectivity index (χ1) is 16.2. The van der Waals surface area contributed by atoms with Gasteiger partial charge in [0.1, 0.15) is 0 Å². The average molecular weight is 479 g/mol. The lowest BCUT2D eigenvalue weighted by Crippen LogP contribution is -2.12. The number of halogens is 4. The Hall–Kier alpha value is -3.77. The number of alkyl halides is 3. The molecular formula is C27H18ClF3N2O. The monoisotopic (exact) mass is 478 g/mol. The second-order valence-corrected chi connectivity index (χ2v) is 8.48. The number of hydrogen-bond acceptors (Lipinski definition) is 1. The van der Waals surface area contributed by atoms with Crippen LogP contribution in [0, 0.1) is 0 Å². The average Bonchev–Trinajstić information content (AvgIpc) is 3.12. The first-order valence-electron chi connectivity index (χ1n) is 10.5. The molecule has 0 atom stereocenters. The van der Waals surface area contributed by atoms with Crippen LogP contribution in [0.2, 0.25) is 5.02 Å². The Morgan fingerprint density at radius 2 is 1.56 bits per heavy atom. The van der Waals surface area contributed by atoms with E-state index in [2.05, 4.69) is 0 Å². The number of nitrogens with zero attached hydrogens (tertiary/aromatic N) is 1. The van der Waals surface area contributed by atoms with Gasteiger partial charge < -0.3 is 10.3 Å². The predicted molar refractivity (Wildman–Crippen MR) is 129 cm³/mol. The fourth-order valence-electron chi connectivity index (χ4n) is 4.45. The summed E-state index contributed by atoms with van der Waals surface area (Å²) in [4.78, 5) is 12.2. The zero-order valence-electron chi connectivity index (χ0n) is 17.7. The molecule has 0 saturated heterocycles. The lowest BCUT2D eigenvalue weighted by Gasteiger charge is -2.15. The number of rotatable bonds is 4. The summed E-state index contributed by atoms with van der Waals surface area (Å²) in [6.07, 6.45) is -4.48. The molecule has 0 saturated carbocycles. The molecule has 5 aromatic rings. The molecule has 0 spiro atoms. The van der Waals surface area contributed by atoms with Crippen LogP contribution < -0.4 is 5.73 Å². The fourth-order valence-corrected chi connectivity index (χ4v) is 4.57. The van der Waals surface area contributed by atoms with Crippen LogP contribution in [0.3, 0.4) is 0 Å². The fraction of sp³-hybridized carbons (Fsp3) is 0.0741. The van der Waals surface area contributed by atoms with Crippen molar-refractivity contribution in [1.29, 1.82) is 0 Å². The van der Waals surface area contributed by atoms with E-state index in [0.29, 0.717) is 27.0 Å². The van der Waals surface area contributed by atoms with E-state index in [1.165, 1.54) is 12.1 Å².